The standard InChI is InChI=1S/C23H28FN5O3S/c24-19-9-18(33(25)31)4-5-20(19)29-21-26-12-15(13-27-21)14-2-3-17(8-14)32-22(30)28-16-10-23(11-16)6-1-7-23/h4-5,9,12-14,16-17H,1-3,6-8,10-11,25H2,(H,28,30)(H,26,27,29). The van der Waals surface area contributed by atoms with E-state index in [1.807, 2.05) is 0 Å². The van der Waals surface area contributed by atoms with E-state index in [2.05, 4.69) is 20.6 Å². The summed E-state index contributed by atoms with van der Waals surface area (Å²) in [7, 11) is -1.74. The first kappa shape index (κ1) is 22.2. The number of amides is 1. The zero-order valence-electron chi connectivity index (χ0n) is 18.3. The number of aromatic nitrogens is 2. The number of anilines is 2. The fourth-order valence-electron chi connectivity index (χ4n) is 5.33. The maximum Gasteiger partial charge on any atom is 0.407 e. The number of alkyl carbamates (subject to hydrolysis) is 1. The first-order chi connectivity index (χ1) is 15.9. The highest BCUT2D eigenvalue weighted by Crippen LogP contribution is 2.55. The van der Waals surface area contributed by atoms with Gasteiger partial charge in [-0.1, -0.05) is 6.42 Å². The van der Waals surface area contributed by atoms with Crippen molar-refractivity contribution in [1.29, 1.82) is 0 Å². The first-order valence-corrected chi connectivity index (χ1v) is 12.6. The smallest absolute Gasteiger partial charge is 0.407 e. The summed E-state index contributed by atoms with van der Waals surface area (Å²) < 4.78 is 31.1. The number of benzene rings is 1. The molecule has 3 aliphatic rings. The molecule has 0 bridgehead atoms. The molecule has 10 heteroatoms. The molecular formula is C23H28FN5O3S. The number of nitrogens with one attached hydrogen (secondary N) is 2. The Bertz CT molecular complexity index is 1050. The molecule has 3 fully saturated rings. The summed E-state index contributed by atoms with van der Waals surface area (Å²) in [6.07, 6.45) is 11.6. The Labute approximate surface area is 194 Å². The van der Waals surface area contributed by atoms with Gasteiger partial charge in [0.1, 0.15) is 22.9 Å². The SMILES string of the molecule is NS(=O)c1ccc(Nc2ncc(C3CCC(OC(=O)NC4CC5(CCC5)C4)C3)cn2)c(F)c1. The topological polar surface area (TPSA) is 119 Å². The molecule has 3 atom stereocenters. The van der Waals surface area contributed by atoms with Crippen LogP contribution in [0.15, 0.2) is 35.5 Å². The Balaban J connectivity index is 1.10. The lowest BCUT2D eigenvalue weighted by molar-refractivity contribution is -0.00476. The van der Waals surface area contributed by atoms with Crippen molar-refractivity contribution in [3.63, 3.8) is 0 Å². The highest BCUT2D eigenvalue weighted by Gasteiger charge is 2.48. The van der Waals surface area contributed by atoms with Crippen LogP contribution in [0.4, 0.5) is 20.8 Å². The highest BCUT2D eigenvalue weighted by molar-refractivity contribution is 7.82. The molecule has 5 rings (SSSR count). The van der Waals surface area contributed by atoms with Gasteiger partial charge in [-0.05, 0) is 80.0 Å². The largest absolute Gasteiger partial charge is 0.446 e. The van der Waals surface area contributed by atoms with Crippen molar-refractivity contribution in [2.45, 2.75) is 74.3 Å². The van der Waals surface area contributed by atoms with Crippen LogP contribution in [0.5, 0.6) is 0 Å². The lowest BCUT2D eigenvalue weighted by Crippen LogP contribution is -2.54. The second-order valence-corrected chi connectivity index (χ2v) is 10.6. The monoisotopic (exact) mass is 473 g/mol. The van der Waals surface area contributed by atoms with Crippen LogP contribution in [-0.4, -0.2) is 32.4 Å². The Morgan fingerprint density at radius 2 is 1.97 bits per heavy atom. The Morgan fingerprint density at radius 3 is 2.61 bits per heavy atom. The van der Waals surface area contributed by atoms with E-state index < -0.39 is 16.8 Å². The third kappa shape index (κ3) is 4.86. The van der Waals surface area contributed by atoms with Crippen molar-refractivity contribution in [2.24, 2.45) is 10.6 Å². The molecule has 1 spiro atoms. The van der Waals surface area contributed by atoms with E-state index >= 15 is 0 Å². The zero-order valence-corrected chi connectivity index (χ0v) is 19.1. The minimum Gasteiger partial charge on any atom is -0.446 e. The van der Waals surface area contributed by atoms with Crippen LogP contribution in [0.2, 0.25) is 0 Å². The summed E-state index contributed by atoms with van der Waals surface area (Å²) in [6.45, 7) is 0. The summed E-state index contributed by atoms with van der Waals surface area (Å²) in [5.74, 6) is -0.110. The van der Waals surface area contributed by atoms with Crippen LogP contribution in [0.1, 0.15) is 62.8 Å². The van der Waals surface area contributed by atoms with E-state index in [0.717, 1.165) is 43.7 Å². The molecule has 1 aromatic carbocycles. The summed E-state index contributed by atoms with van der Waals surface area (Å²) in [4.78, 5) is 21.0. The molecule has 1 heterocycles. The van der Waals surface area contributed by atoms with Gasteiger partial charge in [0.15, 0.2) is 0 Å². The van der Waals surface area contributed by atoms with Crippen molar-refractivity contribution in [3.05, 3.63) is 42.0 Å². The summed E-state index contributed by atoms with van der Waals surface area (Å²) in [5.41, 5.74) is 1.66. The van der Waals surface area contributed by atoms with Crippen molar-refractivity contribution < 1.29 is 18.1 Å². The van der Waals surface area contributed by atoms with Gasteiger partial charge in [0.05, 0.1) is 10.6 Å². The fourth-order valence-corrected chi connectivity index (χ4v) is 5.75. The second kappa shape index (κ2) is 8.98. The number of nitrogens with two attached hydrogens (primary N) is 1. The van der Waals surface area contributed by atoms with Crippen molar-refractivity contribution in [2.75, 3.05) is 5.32 Å². The number of rotatable bonds is 6. The molecule has 3 unspecified atom stereocenters. The maximum absolute atomic E-state index is 14.2. The number of hydrogen-bond acceptors (Lipinski definition) is 6. The number of nitrogens with zero attached hydrogens (tertiary/aromatic N) is 2. The molecule has 3 saturated carbocycles. The van der Waals surface area contributed by atoms with E-state index in [4.69, 9.17) is 9.88 Å². The van der Waals surface area contributed by atoms with E-state index in [1.165, 1.54) is 31.4 Å². The number of hydrogen-bond donors (Lipinski definition) is 3. The molecular weight excluding hydrogens is 445 g/mol. The average molecular weight is 474 g/mol. The van der Waals surface area contributed by atoms with E-state index in [1.54, 1.807) is 12.4 Å². The predicted molar refractivity (Wildman–Crippen MR) is 122 cm³/mol. The van der Waals surface area contributed by atoms with Crippen LogP contribution in [0.3, 0.4) is 0 Å². The van der Waals surface area contributed by atoms with Gasteiger partial charge in [-0.25, -0.2) is 28.5 Å². The normalized spacial score (nSPS) is 24.5. The lowest BCUT2D eigenvalue weighted by Gasteiger charge is -2.54. The minimum absolute atomic E-state index is 0.105. The number of ether oxygens (including phenoxy) is 1. The van der Waals surface area contributed by atoms with E-state index in [9.17, 15) is 13.4 Å². The van der Waals surface area contributed by atoms with E-state index in [0.29, 0.717) is 5.41 Å². The Hall–Kier alpha value is -2.59. The van der Waals surface area contributed by atoms with Crippen LogP contribution >= 0.6 is 0 Å². The summed E-state index contributed by atoms with van der Waals surface area (Å²) >= 11 is 0. The minimum atomic E-state index is -1.74. The van der Waals surface area contributed by atoms with Gasteiger partial charge in [-0.2, -0.15) is 0 Å². The molecule has 8 nitrogen and oxygen atoms in total. The molecule has 0 radical (unpaired) electrons. The van der Waals surface area contributed by atoms with Crippen LogP contribution in [0.25, 0.3) is 0 Å². The molecule has 2 aromatic rings. The lowest BCUT2D eigenvalue weighted by atomic mass is 9.54. The average Bonchev–Trinajstić information content (AvgIpc) is 3.19. The number of halogens is 1. The van der Waals surface area contributed by atoms with Crippen LogP contribution in [0, 0.1) is 11.2 Å². The summed E-state index contributed by atoms with van der Waals surface area (Å²) in [5, 5.41) is 11.1. The first-order valence-electron chi connectivity index (χ1n) is 11.4. The molecule has 4 N–H and O–H groups in total. The Kier molecular flexibility index (Phi) is 6.05. The zero-order chi connectivity index (χ0) is 23.0. The van der Waals surface area contributed by atoms with E-state index in [-0.39, 0.29) is 40.7 Å². The molecule has 0 aliphatic heterocycles. The molecule has 33 heavy (non-hydrogen) atoms. The molecule has 0 saturated heterocycles. The van der Waals surface area contributed by atoms with Gasteiger partial charge in [0.25, 0.3) is 0 Å². The Morgan fingerprint density at radius 1 is 1.21 bits per heavy atom. The van der Waals surface area contributed by atoms with Gasteiger partial charge in [-0.15, -0.1) is 0 Å². The van der Waals surface area contributed by atoms with Crippen molar-refractivity contribution in [3.8, 4) is 0 Å². The third-order valence-electron chi connectivity index (χ3n) is 7.32. The highest BCUT2D eigenvalue weighted by atomic mass is 32.2. The fraction of sp³-hybridized carbons (Fsp3) is 0.522. The molecule has 1 aromatic heterocycles. The predicted octanol–water partition coefficient (Wildman–Crippen LogP) is 4.04. The third-order valence-corrected chi connectivity index (χ3v) is 8.03. The van der Waals surface area contributed by atoms with Gasteiger partial charge < -0.3 is 15.4 Å². The number of carbonyl (C=O) groups excluding carboxylic acids is 1. The van der Waals surface area contributed by atoms with Gasteiger partial charge in [0.2, 0.25) is 5.95 Å². The van der Waals surface area contributed by atoms with Gasteiger partial charge >= 0.3 is 6.09 Å². The van der Waals surface area contributed by atoms with Crippen LogP contribution in [-0.2, 0) is 15.7 Å². The molecule has 3 aliphatic carbocycles. The molecule has 176 valence electrons. The van der Waals surface area contributed by atoms with Gasteiger partial charge in [0, 0.05) is 18.4 Å². The maximum atomic E-state index is 14.2. The second-order valence-electron chi connectivity index (χ2n) is 9.54. The number of carbonyl (C=O) groups is 1. The summed E-state index contributed by atoms with van der Waals surface area (Å²) in [6, 6.07) is 4.33. The van der Waals surface area contributed by atoms with Crippen LogP contribution < -0.4 is 15.8 Å². The van der Waals surface area contributed by atoms with Crippen molar-refractivity contribution >= 4 is 28.7 Å². The molecule has 1 amide bonds. The van der Waals surface area contributed by atoms with Gasteiger partial charge in [-0.3, -0.25) is 0 Å². The van der Waals surface area contributed by atoms with Crippen molar-refractivity contribution in [1.82, 2.24) is 15.3 Å². The quantitative estimate of drug-likeness (QED) is 0.583.